The number of benzene rings is 1. The van der Waals surface area contributed by atoms with Gasteiger partial charge in [0.05, 0.1) is 15.6 Å². The fraction of sp³-hybridized carbons (Fsp3) is 0.538. The van der Waals surface area contributed by atoms with Crippen LogP contribution in [0.3, 0.4) is 0 Å². The number of rotatable bonds is 4. The van der Waals surface area contributed by atoms with E-state index in [0.717, 1.165) is 18.8 Å². The van der Waals surface area contributed by atoms with Crippen molar-refractivity contribution in [3.63, 3.8) is 0 Å². The third kappa shape index (κ3) is 3.61. The molecule has 1 aliphatic carbocycles. The predicted molar refractivity (Wildman–Crippen MR) is 77.9 cm³/mol. The van der Waals surface area contributed by atoms with Crippen molar-refractivity contribution in [2.45, 2.75) is 43.5 Å². The van der Waals surface area contributed by atoms with E-state index in [4.69, 9.17) is 16.7 Å². The van der Waals surface area contributed by atoms with Crippen molar-refractivity contribution in [2.24, 2.45) is 11.1 Å². The van der Waals surface area contributed by atoms with Crippen LogP contribution in [-0.2, 0) is 10.0 Å². The molecule has 2 atom stereocenters. The van der Waals surface area contributed by atoms with Gasteiger partial charge >= 0.3 is 0 Å². The molecule has 0 aliphatic heterocycles. The highest BCUT2D eigenvalue weighted by atomic mass is 35.5. The molecule has 0 saturated heterocycles. The van der Waals surface area contributed by atoms with E-state index in [-0.39, 0.29) is 4.90 Å². The second-order valence-corrected chi connectivity index (χ2v) is 7.08. The minimum absolute atomic E-state index is 0.0874. The number of primary sulfonamides is 1. The van der Waals surface area contributed by atoms with Gasteiger partial charge < -0.3 is 5.32 Å². The Kier molecular flexibility index (Phi) is 4.38. The first-order valence-corrected chi connectivity index (χ1v) is 8.41. The molecule has 1 aliphatic rings. The van der Waals surface area contributed by atoms with E-state index in [2.05, 4.69) is 12.2 Å². The van der Waals surface area contributed by atoms with Gasteiger partial charge in [-0.3, -0.25) is 0 Å². The van der Waals surface area contributed by atoms with Crippen molar-refractivity contribution < 1.29 is 8.42 Å². The minimum Gasteiger partial charge on any atom is -0.381 e. The third-order valence-corrected chi connectivity index (χ3v) is 4.99. The number of sulfonamides is 1. The fourth-order valence-corrected chi connectivity index (χ4v) is 3.30. The SMILES string of the molecule is CCC1CCC(Nc2cc(S(N)(=O)=O)ccc2Cl)C1. The van der Waals surface area contributed by atoms with Crippen molar-refractivity contribution in [1.29, 1.82) is 0 Å². The molecule has 2 unspecified atom stereocenters. The lowest BCUT2D eigenvalue weighted by molar-refractivity contribution is 0.525. The quantitative estimate of drug-likeness (QED) is 0.898. The molecule has 4 nitrogen and oxygen atoms in total. The lowest BCUT2D eigenvalue weighted by Crippen LogP contribution is -2.17. The zero-order valence-corrected chi connectivity index (χ0v) is 12.5. The van der Waals surface area contributed by atoms with Crippen LogP contribution in [0.25, 0.3) is 0 Å². The average Bonchev–Trinajstić information content (AvgIpc) is 2.78. The maximum absolute atomic E-state index is 11.3. The van der Waals surface area contributed by atoms with E-state index in [9.17, 15) is 8.42 Å². The summed E-state index contributed by atoms with van der Waals surface area (Å²) in [6.45, 7) is 2.20. The Bertz CT molecular complexity index is 560. The maximum atomic E-state index is 11.3. The topological polar surface area (TPSA) is 72.2 Å². The molecule has 2 rings (SSSR count). The van der Waals surface area contributed by atoms with Crippen LogP contribution in [0.5, 0.6) is 0 Å². The fourth-order valence-electron chi connectivity index (χ4n) is 2.59. The van der Waals surface area contributed by atoms with Crippen LogP contribution in [0.4, 0.5) is 5.69 Å². The predicted octanol–water partition coefficient (Wildman–Crippen LogP) is 2.98. The number of nitrogens with two attached hydrogens (primary N) is 1. The first-order valence-electron chi connectivity index (χ1n) is 6.49. The van der Waals surface area contributed by atoms with Crippen molar-refractivity contribution >= 4 is 27.3 Å². The third-order valence-electron chi connectivity index (χ3n) is 3.74. The van der Waals surface area contributed by atoms with E-state index >= 15 is 0 Å². The Labute approximate surface area is 119 Å². The summed E-state index contributed by atoms with van der Waals surface area (Å²) >= 11 is 6.10. The molecule has 0 spiro atoms. The second kappa shape index (κ2) is 5.69. The molecule has 0 amide bonds. The van der Waals surface area contributed by atoms with Gasteiger partial charge in [0.15, 0.2) is 0 Å². The number of anilines is 1. The monoisotopic (exact) mass is 302 g/mol. The average molecular weight is 303 g/mol. The highest BCUT2D eigenvalue weighted by Crippen LogP contribution is 2.32. The molecule has 0 radical (unpaired) electrons. The van der Waals surface area contributed by atoms with E-state index in [1.165, 1.54) is 25.0 Å². The first-order chi connectivity index (χ1) is 8.90. The molecule has 1 aromatic rings. The largest absolute Gasteiger partial charge is 0.381 e. The highest BCUT2D eigenvalue weighted by Gasteiger charge is 2.24. The number of hydrogen-bond acceptors (Lipinski definition) is 3. The summed E-state index contributed by atoms with van der Waals surface area (Å²) in [6.07, 6.45) is 4.59. The van der Waals surface area contributed by atoms with Crippen molar-refractivity contribution in [1.82, 2.24) is 0 Å². The van der Waals surface area contributed by atoms with Crippen molar-refractivity contribution in [3.8, 4) is 0 Å². The van der Waals surface area contributed by atoms with E-state index in [0.29, 0.717) is 16.8 Å². The van der Waals surface area contributed by atoms with Gasteiger partial charge in [0.1, 0.15) is 0 Å². The molecule has 0 aromatic heterocycles. The highest BCUT2D eigenvalue weighted by molar-refractivity contribution is 7.89. The zero-order chi connectivity index (χ0) is 14.0. The van der Waals surface area contributed by atoms with Gasteiger partial charge in [0.2, 0.25) is 10.0 Å². The van der Waals surface area contributed by atoms with E-state index in [1.54, 1.807) is 6.07 Å². The summed E-state index contributed by atoms with van der Waals surface area (Å²) in [5, 5.41) is 8.98. The molecule has 106 valence electrons. The zero-order valence-electron chi connectivity index (χ0n) is 10.9. The van der Waals surface area contributed by atoms with E-state index in [1.807, 2.05) is 0 Å². The molecule has 0 bridgehead atoms. The summed E-state index contributed by atoms with van der Waals surface area (Å²) in [4.78, 5) is 0.0874. The Morgan fingerprint density at radius 3 is 2.74 bits per heavy atom. The van der Waals surface area contributed by atoms with Gasteiger partial charge in [0.25, 0.3) is 0 Å². The lowest BCUT2D eigenvalue weighted by atomic mass is 10.1. The van der Waals surface area contributed by atoms with Gasteiger partial charge in [-0.25, -0.2) is 13.6 Å². The van der Waals surface area contributed by atoms with Gasteiger partial charge in [0, 0.05) is 6.04 Å². The lowest BCUT2D eigenvalue weighted by Gasteiger charge is -2.16. The Morgan fingerprint density at radius 1 is 1.42 bits per heavy atom. The summed E-state index contributed by atoms with van der Waals surface area (Å²) in [5.74, 6) is 0.748. The van der Waals surface area contributed by atoms with Crippen LogP contribution in [0.15, 0.2) is 23.1 Å². The van der Waals surface area contributed by atoms with Gasteiger partial charge in [-0.05, 0) is 43.4 Å². The van der Waals surface area contributed by atoms with Crippen LogP contribution >= 0.6 is 11.6 Å². The minimum atomic E-state index is -3.69. The van der Waals surface area contributed by atoms with Crippen LogP contribution in [0.1, 0.15) is 32.6 Å². The molecular weight excluding hydrogens is 284 g/mol. The Balaban J connectivity index is 2.16. The van der Waals surface area contributed by atoms with Gasteiger partial charge in [-0.1, -0.05) is 24.9 Å². The smallest absolute Gasteiger partial charge is 0.238 e. The van der Waals surface area contributed by atoms with Crippen LogP contribution in [-0.4, -0.2) is 14.5 Å². The second-order valence-electron chi connectivity index (χ2n) is 5.12. The Morgan fingerprint density at radius 2 is 2.16 bits per heavy atom. The standard InChI is InChI=1S/C13H19ClN2O2S/c1-2-9-3-4-10(7-9)16-13-8-11(19(15,17)18)5-6-12(13)14/h5-6,8-10,16H,2-4,7H2,1H3,(H2,15,17,18). The number of halogens is 1. The molecule has 0 heterocycles. The molecule has 6 heteroatoms. The molecule has 1 fully saturated rings. The molecule has 1 saturated carbocycles. The summed E-state index contributed by atoms with van der Waals surface area (Å²) in [5.41, 5.74) is 0.648. The van der Waals surface area contributed by atoms with Crippen LogP contribution in [0, 0.1) is 5.92 Å². The first kappa shape index (κ1) is 14.6. The Hall–Kier alpha value is -0.780. The summed E-state index contributed by atoms with van der Waals surface area (Å²) in [7, 11) is -3.69. The van der Waals surface area contributed by atoms with Crippen molar-refractivity contribution in [3.05, 3.63) is 23.2 Å². The maximum Gasteiger partial charge on any atom is 0.238 e. The van der Waals surface area contributed by atoms with Crippen LogP contribution in [0.2, 0.25) is 5.02 Å². The number of hydrogen-bond donors (Lipinski definition) is 2. The molecular formula is C13H19ClN2O2S. The van der Waals surface area contributed by atoms with Gasteiger partial charge in [-0.2, -0.15) is 0 Å². The number of nitrogens with one attached hydrogen (secondary N) is 1. The normalized spacial score (nSPS) is 23.5. The van der Waals surface area contributed by atoms with E-state index < -0.39 is 10.0 Å². The van der Waals surface area contributed by atoms with Crippen LogP contribution < -0.4 is 10.5 Å². The summed E-state index contributed by atoms with van der Waals surface area (Å²) in [6, 6.07) is 4.86. The van der Waals surface area contributed by atoms with Gasteiger partial charge in [-0.15, -0.1) is 0 Å². The summed E-state index contributed by atoms with van der Waals surface area (Å²) < 4.78 is 22.7. The molecule has 1 aromatic carbocycles. The molecule has 3 N–H and O–H groups in total. The van der Waals surface area contributed by atoms with Crippen molar-refractivity contribution in [2.75, 3.05) is 5.32 Å². The molecule has 19 heavy (non-hydrogen) atoms.